The van der Waals surface area contributed by atoms with Crippen molar-refractivity contribution < 1.29 is 14.1 Å². The number of ether oxygens (including phenoxy) is 1. The van der Waals surface area contributed by atoms with Crippen LogP contribution < -0.4 is 4.57 Å². The summed E-state index contributed by atoms with van der Waals surface area (Å²) in [6.45, 7) is 4.84. The van der Waals surface area contributed by atoms with Crippen LogP contribution in [0, 0.1) is 11.8 Å². The van der Waals surface area contributed by atoms with Crippen LogP contribution in [0.15, 0.2) is 60.9 Å². The summed E-state index contributed by atoms with van der Waals surface area (Å²) >= 11 is 0. The minimum absolute atomic E-state index is 0.0433. The summed E-state index contributed by atoms with van der Waals surface area (Å²) in [5.74, 6) is 1.43. The fraction of sp³-hybridized carbons (Fsp3) is 0.478. The Bertz CT molecular complexity index is 686. The van der Waals surface area contributed by atoms with E-state index in [9.17, 15) is 4.79 Å². The van der Waals surface area contributed by atoms with Crippen molar-refractivity contribution in [3.05, 3.63) is 66.5 Å². The first-order chi connectivity index (χ1) is 12.6. The standard InChI is InChI=1S/C23H30NO2/c1-18-11-12-21(16-19(2)20-9-5-3-6-10-20)22(15-18)26-23(25)17-24-13-7-4-8-14-24/h3-10,13-14,18-19,21-22H,11-12,15-17H2,1-2H3/q+1/t18-,19?,21+,22-/m0/s1. The average molecular weight is 352 g/mol. The lowest BCUT2D eigenvalue weighted by molar-refractivity contribution is -0.686. The Morgan fingerprint density at radius 1 is 1.12 bits per heavy atom. The van der Waals surface area contributed by atoms with Crippen molar-refractivity contribution in [3.8, 4) is 0 Å². The second kappa shape index (κ2) is 8.98. The van der Waals surface area contributed by atoms with Crippen LogP contribution in [0.5, 0.6) is 0 Å². The number of aromatic nitrogens is 1. The fourth-order valence-electron chi connectivity index (χ4n) is 4.07. The number of pyridine rings is 1. The van der Waals surface area contributed by atoms with E-state index in [1.807, 2.05) is 35.2 Å². The smallest absolute Gasteiger partial charge is 0.372 e. The number of benzene rings is 1. The van der Waals surface area contributed by atoms with E-state index >= 15 is 0 Å². The Hall–Kier alpha value is -2.16. The molecular formula is C23H30NO2+. The van der Waals surface area contributed by atoms with Crippen molar-refractivity contribution in [1.82, 2.24) is 0 Å². The summed E-state index contributed by atoms with van der Waals surface area (Å²) in [5, 5.41) is 0. The molecule has 2 aromatic rings. The van der Waals surface area contributed by atoms with Crippen molar-refractivity contribution in [2.24, 2.45) is 11.8 Å². The molecule has 3 rings (SSSR count). The highest BCUT2D eigenvalue weighted by Gasteiger charge is 2.33. The third-order valence-corrected chi connectivity index (χ3v) is 5.59. The maximum absolute atomic E-state index is 12.4. The number of hydrogen-bond donors (Lipinski definition) is 0. The summed E-state index contributed by atoms with van der Waals surface area (Å²) < 4.78 is 7.83. The van der Waals surface area contributed by atoms with Crippen molar-refractivity contribution in [2.45, 2.75) is 58.1 Å². The van der Waals surface area contributed by atoms with Crippen molar-refractivity contribution >= 4 is 5.97 Å². The van der Waals surface area contributed by atoms with Gasteiger partial charge in [-0.3, -0.25) is 0 Å². The van der Waals surface area contributed by atoms with Crippen LogP contribution in [0.4, 0.5) is 0 Å². The van der Waals surface area contributed by atoms with Gasteiger partial charge in [-0.15, -0.1) is 0 Å². The molecule has 138 valence electrons. The lowest BCUT2D eigenvalue weighted by atomic mass is 9.76. The predicted octanol–water partition coefficient (Wildman–Crippen LogP) is 4.52. The number of carbonyl (C=O) groups is 1. The van der Waals surface area contributed by atoms with Gasteiger partial charge < -0.3 is 4.74 Å². The summed E-state index contributed by atoms with van der Waals surface area (Å²) in [6, 6.07) is 16.5. The van der Waals surface area contributed by atoms with Gasteiger partial charge in [0.2, 0.25) is 6.54 Å². The van der Waals surface area contributed by atoms with E-state index in [1.165, 1.54) is 12.0 Å². The molecule has 3 heteroatoms. The maximum atomic E-state index is 12.4. The molecule has 1 fully saturated rings. The van der Waals surface area contributed by atoms with Crippen molar-refractivity contribution in [2.75, 3.05) is 0 Å². The molecular weight excluding hydrogens is 322 g/mol. The second-order valence-corrected chi connectivity index (χ2v) is 7.80. The Balaban J connectivity index is 1.61. The van der Waals surface area contributed by atoms with Crippen LogP contribution in [-0.4, -0.2) is 12.1 Å². The van der Waals surface area contributed by atoms with Gasteiger partial charge >= 0.3 is 5.97 Å². The summed E-state index contributed by atoms with van der Waals surface area (Å²) in [4.78, 5) is 12.4. The monoisotopic (exact) mass is 352 g/mol. The first-order valence-corrected chi connectivity index (χ1v) is 9.80. The Labute approximate surface area is 157 Å². The van der Waals surface area contributed by atoms with Gasteiger partial charge in [0.1, 0.15) is 6.10 Å². The molecule has 1 unspecified atom stereocenters. The van der Waals surface area contributed by atoms with Crippen molar-refractivity contribution in [1.29, 1.82) is 0 Å². The molecule has 3 nitrogen and oxygen atoms in total. The van der Waals surface area contributed by atoms with Crippen LogP contribution >= 0.6 is 0 Å². The number of esters is 1. The van der Waals surface area contributed by atoms with E-state index in [0.717, 1.165) is 19.3 Å². The van der Waals surface area contributed by atoms with E-state index in [-0.39, 0.29) is 18.6 Å². The first kappa shape index (κ1) is 18.6. The van der Waals surface area contributed by atoms with E-state index in [0.29, 0.717) is 17.8 Å². The van der Waals surface area contributed by atoms with Crippen LogP contribution in [0.1, 0.15) is 51.0 Å². The van der Waals surface area contributed by atoms with Gasteiger partial charge in [-0.1, -0.05) is 56.7 Å². The molecule has 0 spiro atoms. The third-order valence-electron chi connectivity index (χ3n) is 5.59. The molecule has 1 aliphatic rings. The van der Waals surface area contributed by atoms with Crippen LogP contribution in [-0.2, 0) is 16.1 Å². The normalized spacial score (nSPS) is 24.0. The summed E-state index contributed by atoms with van der Waals surface area (Å²) in [6.07, 6.45) is 8.29. The van der Waals surface area contributed by atoms with Gasteiger partial charge in [-0.25, -0.2) is 4.79 Å². The third kappa shape index (κ3) is 5.17. The molecule has 0 N–H and O–H groups in total. The number of hydrogen-bond acceptors (Lipinski definition) is 2. The summed E-state index contributed by atoms with van der Waals surface area (Å²) in [5.41, 5.74) is 1.37. The molecule has 4 atom stereocenters. The zero-order valence-corrected chi connectivity index (χ0v) is 15.9. The largest absolute Gasteiger partial charge is 0.457 e. The average Bonchev–Trinajstić information content (AvgIpc) is 2.65. The molecule has 1 heterocycles. The molecule has 0 saturated heterocycles. The number of carbonyl (C=O) groups excluding carboxylic acids is 1. The molecule has 1 aliphatic carbocycles. The van der Waals surface area contributed by atoms with Gasteiger partial charge in [0.25, 0.3) is 0 Å². The van der Waals surface area contributed by atoms with Crippen molar-refractivity contribution in [3.63, 3.8) is 0 Å². The topological polar surface area (TPSA) is 30.2 Å². The SMILES string of the molecule is CC(C[C@H]1CC[C@H](C)C[C@@H]1OC(=O)C[n+]1ccccc1)c1ccccc1. The van der Waals surface area contributed by atoms with E-state index < -0.39 is 0 Å². The minimum atomic E-state index is -0.127. The van der Waals surface area contributed by atoms with Gasteiger partial charge in [0.15, 0.2) is 12.4 Å². The molecule has 1 aromatic carbocycles. The fourth-order valence-corrected chi connectivity index (χ4v) is 4.07. The lowest BCUT2D eigenvalue weighted by Gasteiger charge is -2.35. The van der Waals surface area contributed by atoms with E-state index in [4.69, 9.17) is 4.74 Å². The number of rotatable bonds is 6. The first-order valence-electron chi connectivity index (χ1n) is 9.80. The predicted molar refractivity (Wildman–Crippen MR) is 102 cm³/mol. The Morgan fingerprint density at radius 2 is 1.81 bits per heavy atom. The van der Waals surface area contributed by atoms with E-state index in [1.54, 1.807) is 0 Å². The highest BCUT2D eigenvalue weighted by Crippen LogP contribution is 2.37. The zero-order chi connectivity index (χ0) is 18.4. The van der Waals surface area contributed by atoms with Gasteiger partial charge in [-0.2, -0.15) is 4.57 Å². The quantitative estimate of drug-likeness (QED) is 0.565. The Kier molecular flexibility index (Phi) is 6.43. The lowest BCUT2D eigenvalue weighted by Crippen LogP contribution is -2.41. The van der Waals surface area contributed by atoms with Gasteiger partial charge in [-0.05, 0) is 42.6 Å². The molecule has 0 amide bonds. The molecule has 1 aromatic heterocycles. The second-order valence-electron chi connectivity index (χ2n) is 7.80. The zero-order valence-electron chi connectivity index (χ0n) is 15.9. The van der Waals surface area contributed by atoms with Crippen LogP contribution in [0.2, 0.25) is 0 Å². The minimum Gasteiger partial charge on any atom is -0.457 e. The summed E-state index contributed by atoms with van der Waals surface area (Å²) in [7, 11) is 0. The molecule has 0 aliphatic heterocycles. The molecule has 0 bridgehead atoms. The highest BCUT2D eigenvalue weighted by molar-refractivity contribution is 5.67. The van der Waals surface area contributed by atoms with Crippen LogP contribution in [0.25, 0.3) is 0 Å². The molecule has 26 heavy (non-hydrogen) atoms. The number of nitrogens with zero attached hydrogens (tertiary/aromatic N) is 1. The molecule has 0 radical (unpaired) electrons. The maximum Gasteiger partial charge on any atom is 0.372 e. The van der Waals surface area contributed by atoms with Crippen LogP contribution in [0.3, 0.4) is 0 Å². The Morgan fingerprint density at radius 3 is 2.54 bits per heavy atom. The van der Waals surface area contributed by atoms with Gasteiger partial charge in [0, 0.05) is 12.1 Å². The van der Waals surface area contributed by atoms with E-state index in [2.05, 4.69) is 44.2 Å². The highest BCUT2D eigenvalue weighted by atomic mass is 16.5. The van der Waals surface area contributed by atoms with Gasteiger partial charge in [0.05, 0.1) is 0 Å². The molecule has 1 saturated carbocycles.